The van der Waals surface area contributed by atoms with Gasteiger partial charge in [-0.3, -0.25) is 0 Å². The topological polar surface area (TPSA) is 92.8 Å². The van der Waals surface area contributed by atoms with Gasteiger partial charge in [0.1, 0.15) is 11.8 Å². The Morgan fingerprint density at radius 1 is 1.31 bits per heavy atom. The van der Waals surface area contributed by atoms with Gasteiger partial charge >= 0.3 is 6.03 Å². The number of hydrogen-bond acceptors (Lipinski definition) is 4. The van der Waals surface area contributed by atoms with Crippen molar-refractivity contribution in [1.29, 1.82) is 10.5 Å². The third-order valence-corrected chi connectivity index (χ3v) is 4.72. The summed E-state index contributed by atoms with van der Waals surface area (Å²) in [4.78, 5) is 18.1. The van der Waals surface area contributed by atoms with E-state index < -0.39 is 5.41 Å². The van der Waals surface area contributed by atoms with E-state index in [0.717, 1.165) is 16.8 Å². The Morgan fingerprint density at radius 3 is 2.81 bits per heavy atom. The zero-order valence-corrected chi connectivity index (χ0v) is 14.8. The lowest BCUT2D eigenvalue weighted by Crippen LogP contribution is -2.38. The first-order chi connectivity index (χ1) is 12.5. The highest BCUT2D eigenvalue weighted by Crippen LogP contribution is 2.32. The van der Waals surface area contributed by atoms with Crippen molar-refractivity contribution >= 4 is 11.7 Å². The smallest absolute Gasteiger partial charge is 0.320 e. The van der Waals surface area contributed by atoms with Crippen molar-refractivity contribution in [3.8, 4) is 12.1 Å². The summed E-state index contributed by atoms with van der Waals surface area (Å²) in [6.45, 7) is 4.99. The number of nitrogens with one attached hydrogen (secondary N) is 1. The second-order valence-electron chi connectivity index (χ2n) is 6.56. The number of pyridine rings is 1. The van der Waals surface area contributed by atoms with Crippen molar-refractivity contribution in [2.75, 3.05) is 11.9 Å². The molecule has 0 aliphatic carbocycles. The third kappa shape index (κ3) is 3.22. The standard InChI is InChI=1S/C20H19N5O/c1-3-25-12-14-7-8-15(9-18(14)24-19(25)26)20(2,13-22)10-16-5-4-6-17(11-21)23-16/h4-9H,3,10,12H2,1-2H3,(H,24,26). The van der Waals surface area contributed by atoms with Crippen molar-refractivity contribution in [3.05, 3.63) is 58.9 Å². The van der Waals surface area contributed by atoms with Crippen LogP contribution in [0.15, 0.2) is 36.4 Å². The first-order valence-electron chi connectivity index (χ1n) is 8.45. The lowest BCUT2D eigenvalue weighted by atomic mass is 9.79. The highest BCUT2D eigenvalue weighted by Gasteiger charge is 2.30. The molecule has 26 heavy (non-hydrogen) atoms. The Morgan fingerprint density at radius 2 is 2.12 bits per heavy atom. The van der Waals surface area contributed by atoms with Crippen LogP contribution in [0.1, 0.15) is 36.4 Å². The molecule has 130 valence electrons. The van der Waals surface area contributed by atoms with Gasteiger partial charge in [0.05, 0.1) is 11.5 Å². The van der Waals surface area contributed by atoms with E-state index >= 15 is 0 Å². The largest absolute Gasteiger partial charge is 0.322 e. The minimum atomic E-state index is -0.817. The molecule has 1 aromatic heterocycles. The average molecular weight is 345 g/mol. The van der Waals surface area contributed by atoms with E-state index in [-0.39, 0.29) is 6.03 Å². The molecule has 3 rings (SSSR count). The number of carbonyl (C=O) groups excluding carboxylic acids is 1. The van der Waals surface area contributed by atoms with Gasteiger partial charge in [0.2, 0.25) is 0 Å². The molecule has 1 unspecified atom stereocenters. The monoisotopic (exact) mass is 345 g/mol. The van der Waals surface area contributed by atoms with Crippen LogP contribution in [-0.4, -0.2) is 22.5 Å². The molecule has 1 aliphatic rings. The number of amides is 2. The van der Waals surface area contributed by atoms with E-state index in [1.54, 1.807) is 17.0 Å². The van der Waals surface area contributed by atoms with Crippen LogP contribution in [0, 0.1) is 22.7 Å². The van der Waals surface area contributed by atoms with Gasteiger partial charge in [0, 0.05) is 30.9 Å². The van der Waals surface area contributed by atoms with Crippen LogP contribution >= 0.6 is 0 Å². The Kier molecular flexibility index (Phi) is 4.60. The van der Waals surface area contributed by atoms with E-state index in [0.29, 0.717) is 30.9 Å². The van der Waals surface area contributed by atoms with E-state index in [9.17, 15) is 10.1 Å². The third-order valence-electron chi connectivity index (χ3n) is 4.72. The summed E-state index contributed by atoms with van der Waals surface area (Å²) in [6.07, 6.45) is 0.382. The predicted octanol–water partition coefficient (Wildman–Crippen LogP) is 3.34. The lowest BCUT2D eigenvalue weighted by molar-refractivity contribution is 0.210. The number of benzene rings is 1. The maximum atomic E-state index is 12.1. The summed E-state index contributed by atoms with van der Waals surface area (Å²) < 4.78 is 0. The van der Waals surface area contributed by atoms with Gasteiger partial charge in [-0.25, -0.2) is 9.78 Å². The molecule has 0 bridgehead atoms. The van der Waals surface area contributed by atoms with Gasteiger partial charge in [-0.15, -0.1) is 0 Å². The zero-order chi connectivity index (χ0) is 18.7. The number of rotatable bonds is 4. The Labute approximate surface area is 152 Å². The molecule has 1 aromatic carbocycles. The maximum absolute atomic E-state index is 12.1. The van der Waals surface area contributed by atoms with E-state index in [4.69, 9.17) is 5.26 Å². The van der Waals surface area contributed by atoms with Gasteiger partial charge in [-0.1, -0.05) is 18.2 Å². The van der Waals surface area contributed by atoms with Gasteiger partial charge in [0.25, 0.3) is 0 Å². The quantitative estimate of drug-likeness (QED) is 0.919. The van der Waals surface area contributed by atoms with Gasteiger partial charge < -0.3 is 10.2 Å². The number of carbonyl (C=O) groups is 1. The molecule has 1 N–H and O–H groups in total. The fourth-order valence-corrected chi connectivity index (χ4v) is 3.11. The predicted molar refractivity (Wildman–Crippen MR) is 97.2 cm³/mol. The van der Waals surface area contributed by atoms with Crippen LogP contribution in [0.5, 0.6) is 0 Å². The molecule has 2 amide bonds. The Hall–Kier alpha value is -3.38. The van der Waals surface area contributed by atoms with Crippen molar-refractivity contribution in [2.24, 2.45) is 0 Å². The highest BCUT2D eigenvalue weighted by atomic mass is 16.2. The van der Waals surface area contributed by atoms with Gasteiger partial charge in [-0.05, 0) is 43.2 Å². The average Bonchev–Trinajstić information content (AvgIpc) is 2.67. The molecule has 1 atom stereocenters. The second-order valence-corrected chi connectivity index (χ2v) is 6.56. The van der Waals surface area contributed by atoms with Gasteiger partial charge in [-0.2, -0.15) is 10.5 Å². The lowest BCUT2D eigenvalue weighted by Gasteiger charge is -2.30. The molecule has 0 fully saturated rings. The summed E-state index contributed by atoms with van der Waals surface area (Å²) in [5.74, 6) is 0. The normalized spacial score (nSPS) is 15.2. The molecular weight excluding hydrogens is 326 g/mol. The van der Waals surface area contributed by atoms with E-state index in [1.165, 1.54) is 0 Å². The Balaban J connectivity index is 1.93. The first kappa shape index (κ1) is 17.4. The van der Waals surface area contributed by atoms with Crippen LogP contribution < -0.4 is 5.32 Å². The fourth-order valence-electron chi connectivity index (χ4n) is 3.11. The minimum Gasteiger partial charge on any atom is -0.320 e. The summed E-state index contributed by atoms with van der Waals surface area (Å²) in [5.41, 5.74) is 2.79. The van der Waals surface area contributed by atoms with Crippen molar-refractivity contribution in [1.82, 2.24) is 9.88 Å². The SMILES string of the molecule is CCN1Cc2ccc(C(C)(C#N)Cc3cccc(C#N)n3)cc2NC1=O. The van der Waals surface area contributed by atoms with Crippen LogP contribution in [0.3, 0.4) is 0 Å². The molecule has 2 aromatic rings. The molecule has 0 radical (unpaired) electrons. The molecule has 0 saturated heterocycles. The number of anilines is 1. The van der Waals surface area contributed by atoms with Crippen molar-refractivity contribution in [2.45, 2.75) is 32.2 Å². The number of hydrogen-bond donors (Lipinski definition) is 1. The number of fused-ring (bicyclic) bond motifs is 1. The van der Waals surface area contributed by atoms with Crippen LogP contribution in [0.25, 0.3) is 0 Å². The molecule has 0 saturated carbocycles. The number of aromatic nitrogens is 1. The number of nitriles is 2. The van der Waals surface area contributed by atoms with Crippen molar-refractivity contribution < 1.29 is 4.79 Å². The second kappa shape index (κ2) is 6.85. The molecule has 1 aliphatic heterocycles. The van der Waals surface area contributed by atoms with E-state index in [1.807, 2.05) is 44.2 Å². The fraction of sp³-hybridized carbons (Fsp3) is 0.300. The summed E-state index contributed by atoms with van der Waals surface area (Å²) in [6, 6.07) is 15.3. The molecule has 6 heteroatoms. The van der Waals surface area contributed by atoms with Gasteiger partial charge in [0.15, 0.2) is 0 Å². The number of nitrogens with zero attached hydrogens (tertiary/aromatic N) is 4. The number of urea groups is 1. The minimum absolute atomic E-state index is 0.126. The van der Waals surface area contributed by atoms with Crippen LogP contribution in [0.4, 0.5) is 10.5 Å². The maximum Gasteiger partial charge on any atom is 0.322 e. The highest BCUT2D eigenvalue weighted by molar-refractivity contribution is 5.92. The Bertz CT molecular complexity index is 940. The van der Waals surface area contributed by atoms with Crippen molar-refractivity contribution in [3.63, 3.8) is 0 Å². The van der Waals surface area contributed by atoms with Crippen LogP contribution in [-0.2, 0) is 18.4 Å². The molecule has 6 nitrogen and oxygen atoms in total. The summed E-state index contributed by atoms with van der Waals surface area (Å²) in [5, 5.41) is 21.7. The molecular formula is C20H19N5O. The summed E-state index contributed by atoms with van der Waals surface area (Å²) in [7, 11) is 0. The molecule has 0 spiro atoms. The summed E-state index contributed by atoms with van der Waals surface area (Å²) >= 11 is 0. The first-order valence-corrected chi connectivity index (χ1v) is 8.45. The van der Waals surface area contributed by atoms with Crippen LogP contribution in [0.2, 0.25) is 0 Å². The zero-order valence-electron chi connectivity index (χ0n) is 14.8. The van der Waals surface area contributed by atoms with E-state index in [2.05, 4.69) is 16.4 Å². The molecule has 2 heterocycles.